The molecule has 0 aromatic carbocycles. The van der Waals surface area contributed by atoms with Crippen LogP contribution in [0.5, 0.6) is 0 Å². The minimum absolute atomic E-state index is 0.00120. The number of nitrogens with one attached hydrogen (secondary N) is 3. The molecule has 86 valence electrons. The Kier molecular flexibility index (Phi) is 4.14. The first-order chi connectivity index (χ1) is 7.34. The molecule has 2 fully saturated rings. The predicted octanol–water partition coefficient (Wildman–Crippen LogP) is 0.748. The Hall–Kier alpha value is -0.420. The molecular formula is C10H19N3OS. The Morgan fingerprint density at radius 1 is 1.47 bits per heavy atom. The van der Waals surface area contributed by atoms with Crippen molar-refractivity contribution in [3.05, 3.63) is 0 Å². The number of thioether (sulfide) groups is 1. The van der Waals surface area contributed by atoms with Gasteiger partial charge in [0.15, 0.2) is 0 Å². The van der Waals surface area contributed by atoms with Gasteiger partial charge in [0.1, 0.15) is 0 Å². The normalized spacial score (nSPS) is 30.4. The van der Waals surface area contributed by atoms with Crippen LogP contribution in [0.4, 0.5) is 4.79 Å². The standard InChI is InChI=1S/C10H19N3OS/c14-10(13-9-2-1-5-15-9)12-7-8-3-4-11-6-8/h8-9,11H,1-7H2,(H2,12,13,14). The number of amides is 2. The molecule has 2 amide bonds. The fraction of sp³-hybridized carbons (Fsp3) is 0.900. The lowest BCUT2D eigenvalue weighted by atomic mass is 10.1. The number of hydrogen-bond donors (Lipinski definition) is 3. The first kappa shape index (κ1) is 11.1. The highest BCUT2D eigenvalue weighted by Crippen LogP contribution is 2.23. The Balaban J connectivity index is 1.59. The summed E-state index contributed by atoms with van der Waals surface area (Å²) < 4.78 is 0. The van der Waals surface area contributed by atoms with Crippen LogP contribution in [0.3, 0.4) is 0 Å². The smallest absolute Gasteiger partial charge is 0.315 e. The minimum Gasteiger partial charge on any atom is -0.338 e. The Bertz CT molecular complexity index is 213. The van der Waals surface area contributed by atoms with E-state index in [4.69, 9.17) is 0 Å². The van der Waals surface area contributed by atoms with Crippen LogP contribution in [0, 0.1) is 5.92 Å². The van der Waals surface area contributed by atoms with Crippen LogP contribution in [0.1, 0.15) is 19.3 Å². The lowest BCUT2D eigenvalue weighted by Crippen LogP contribution is -2.41. The molecule has 0 spiro atoms. The van der Waals surface area contributed by atoms with Crippen molar-refractivity contribution in [2.45, 2.75) is 24.6 Å². The van der Waals surface area contributed by atoms with Gasteiger partial charge in [-0.3, -0.25) is 0 Å². The maximum atomic E-state index is 11.5. The lowest BCUT2D eigenvalue weighted by molar-refractivity contribution is 0.238. The van der Waals surface area contributed by atoms with E-state index in [9.17, 15) is 4.79 Å². The van der Waals surface area contributed by atoms with Crippen molar-refractivity contribution in [1.29, 1.82) is 0 Å². The van der Waals surface area contributed by atoms with Gasteiger partial charge in [0, 0.05) is 6.54 Å². The molecule has 4 nitrogen and oxygen atoms in total. The van der Waals surface area contributed by atoms with Crippen molar-refractivity contribution in [3.8, 4) is 0 Å². The van der Waals surface area contributed by atoms with Crippen molar-refractivity contribution >= 4 is 17.8 Å². The first-order valence-electron chi connectivity index (χ1n) is 5.71. The summed E-state index contributed by atoms with van der Waals surface area (Å²) in [5.74, 6) is 1.80. The fourth-order valence-corrected chi connectivity index (χ4v) is 3.16. The van der Waals surface area contributed by atoms with Crippen molar-refractivity contribution in [3.63, 3.8) is 0 Å². The third kappa shape index (κ3) is 3.57. The summed E-state index contributed by atoms with van der Waals surface area (Å²) in [6.07, 6.45) is 3.52. The molecule has 2 heterocycles. The van der Waals surface area contributed by atoms with Gasteiger partial charge in [-0.15, -0.1) is 11.8 Å². The molecule has 0 aromatic rings. The second-order valence-electron chi connectivity index (χ2n) is 4.21. The van der Waals surface area contributed by atoms with Crippen LogP contribution in [0.25, 0.3) is 0 Å². The van der Waals surface area contributed by atoms with Gasteiger partial charge in [0.2, 0.25) is 0 Å². The molecule has 2 atom stereocenters. The number of rotatable bonds is 3. The maximum absolute atomic E-state index is 11.5. The highest BCUT2D eigenvalue weighted by molar-refractivity contribution is 8.00. The summed E-state index contributed by atoms with van der Waals surface area (Å²) in [7, 11) is 0. The van der Waals surface area contributed by atoms with Crippen LogP contribution < -0.4 is 16.0 Å². The Morgan fingerprint density at radius 3 is 3.07 bits per heavy atom. The summed E-state index contributed by atoms with van der Waals surface area (Å²) in [6, 6.07) is 0.00120. The van der Waals surface area contributed by atoms with Gasteiger partial charge in [-0.2, -0.15) is 0 Å². The molecule has 0 saturated carbocycles. The zero-order chi connectivity index (χ0) is 10.5. The highest BCUT2D eigenvalue weighted by atomic mass is 32.2. The van der Waals surface area contributed by atoms with E-state index in [0.29, 0.717) is 11.3 Å². The molecule has 3 N–H and O–H groups in total. The number of urea groups is 1. The predicted molar refractivity (Wildman–Crippen MR) is 63.0 cm³/mol. The largest absolute Gasteiger partial charge is 0.338 e. The molecule has 2 unspecified atom stereocenters. The van der Waals surface area contributed by atoms with Gasteiger partial charge in [-0.05, 0) is 44.0 Å². The van der Waals surface area contributed by atoms with E-state index in [0.717, 1.165) is 26.1 Å². The fourth-order valence-electron chi connectivity index (χ4n) is 2.01. The second-order valence-corrected chi connectivity index (χ2v) is 5.53. The zero-order valence-corrected chi connectivity index (χ0v) is 9.74. The van der Waals surface area contributed by atoms with Crippen LogP contribution in [-0.4, -0.2) is 36.8 Å². The van der Waals surface area contributed by atoms with Crippen LogP contribution >= 0.6 is 11.8 Å². The van der Waals surface area contributed by atoms with Gasteiger partial charge >= 0.3 is 6.03 Å². The van der Waals surface area contributed by atoms with Crippen molar-refractivity contribution in [2.75, 3.05) is 25.4 Å². The summed E-state index contributed by atoms with van der Waals surface area (Å²) >= 11 is 1.84. The average molecular weight is 229 g/mol. The molecule has 2 rings (SSSR count). The molecule has 15 heavy (non-hydrogen) atoms. The summed E-state index contributed by atoms with van der Waals surface area (Å²) in [4.78, 5) is 11.5. The van der Waals surface area contributed by atoms with Gasteiger partial charge in [-0.25, -0.2) is 4.79 Å². The topological polar surface area (TPSA) is 53.2 Å². The van der Waals surface area contributed by atoms with E-state index in [-0.39, 0.29) is 6.03 Å². The van der Waals surface area contributed by atoms with Gasteiger partial charge in [0.05, 0.1) is 5.37 Å². The van der Waals surface area contributed by atoms with Gasteiger partial charge in [-0.1, -0.05) is 0 Å². The van der Waals surface area contributed by atoms with Gasteiger partial charge in [0.25, 0.3) is 0 Å². The Labute approximate surface area is 94.9 Å². The van der Waals surface area contributed by atoms with E-state index in [1.54, 1.807) is 0 Å². The average Bonchev–Trinajstić information content (AvgIpc) is 2.86. The third-order valence-electron chi connectivity index (χ3n) is 2.94. The minimum atomic E-state index is 0.00120. The number of carbonyl (C=O) groups excluding carboxylic acids is 1. The molecule has 2 aliphatic heterocycles. The SMILES string of the molecule is O=C(NCC1CCNC1)NC1CCCS1. The van der Waals surface area contributed by atoms with E-state index >= 15 is 0 Å². The van der Waals surface area contributed by atoms with Gasteiger partial charge < -0.3 is 16.0 Å². The molecule has 0 aromatic heterocycles. The second kappa shape index (κ2) is 5.61. The summed E-state index contributed by atoms with van der Waals surface area (Å²) in [5, 5.41) is 9.58. The molecule has 2 aliphatic rings. The maximum Gasteiger partial charge on any atom is 0.315 e. The molecule has 0 aliphatic carbocycles. The molecule has 0 bridgehead atoms. The van der Waals surface area contributed by atoms with Crippen molar-refractivity contribution < 1.29 is 4.79 Å². The summed E-state index contributed by atoms with van der Waals surface area (Å²) in [5.41, 5.74) is 0. The first-order valence-corrected chi connectivity index (χ1v) is 6.76. The molecule has 0 radical (unpaired) electrons. The van der Waals surface area contributed by atoms with E-state index < -0.39 is 0 Å². The lowest BCUT2D eigenvalue weighted by Gasteiger charge is -2.14. The van der Waals surface area contributed by atoms with E-state index in [1.165, 1.54) is 18.6 Å². The van der Waals surface area contributed by atoms with E-state index in [2.05, 4.69) is 16.0 Å². The summed E-state index contributed by atoms with van der Waals surface area (Å²) in [6.45, 7) is 2.93. The molecule has 2 saturated heterocycles. The quantitative estimate of drug-likeness (QED) is 0.669. The van der Waals surface area contributed by atoms with Crippen molar-refractivity contribution in [2.24, 2.45) is 5.92 Å². The monoisotopic (exact) mass is 229 g/mol. The highest BCUT2D eigenvalue weighted by Gasteiger charge is 2.19. The van der Waals surface area contributed by atoms with Crippen LogP contribution in [0.15, 0.2) is 0 Å². The van der Waals surface area contributed by atoms with Crippen LogP contribution in [0.2, 0.25) is 0 Å². The zero-order valence-electron chi connectivity index (χ0n) is 8.92. The Morgan fingerprint density at radius 2 is 2.40 bits per heavy atom. The van der Waals surface area contributed by atoms with E-state index in [1.807, 2.05) is 11.8 Å². The molecular weight excluding hydrogens is 210 g/mol. The molecule has 5 heteroatoms. The third-order valence-corrected chi connectivity index (χ3v) is 4.22. The number of carbonyl (C=O) groups is 1. The number of hydrogen-bond acceptors (Lipinski definition) is 3. The van der Waals surface area contributed by atoms with Crippen molar-refractivity contribution in [1.82, 2.24) is 16.0 Å². The van der Waals surface area contributed by atoms with Crippen LogP contribution in [-0.2, 0) is 0 Å².